The predicted molar refractivity (Wildman–Crippen MR) is 153 cm³/mol. The van der Waals surface area contributed by atoms with Gasteiger partial charge in [-0.3, -0.25) is 19.3 Å². The van der Waals surface area contributed by atoms with E-state index >= 15 is 0 Å². The van der Waals surface area contributed by atoms with E-state index in [9.17, 15) is 19.2 Å². The molecule has 10 heteroatoms. The molecule has 5 rings (SSSR count). The number of ether oxygens (including phenoxy) is 1. The number of carbonyl (C=O) groups excluding carboxylic acids is 4. The summed E-state index contributed by atoms with van der Waals surface area (Å²) in [5.74, 6) is -1.32. The van der Waals surface area contributed by atoms with Crippen molar-refractivity contribution in [1.82, 2.24) is 9.47 Å². The maximum atomic E-state index is 13.6. The second kappa shape index (κ2) is 10.9. The fraction of sp³-hybridized carbons (Fsp3) is 0.310. The molecular formula is C29H29N3O5S2. The van der Waals surface area contributed by atoms with Crippen LogP contribution >= 0.6 is 23.1 Å². The quantitative estimate of drug-likeness (QED) is 0.297. The van der Waals surface area contributed by atoms with Crippen LogP contribution in [0.4, 0.5) is 10.5 Å². The van der Waals surface area contributed by atoms with Crippen LogP contribution in [-0.2, 0) is 27.2 Å². The second-order valence-corrected chi connectivity index (χ2v) is 11.7. The van der Waals surface area contributed by atoms with E-state index in [0.717, 1.165) is 75.5 Å². The number of hydrogen-bond acceptors (Lipinski definition) is 7. The average Bonchev–Trinajstić information content (AvgIpc) is 3.53. The van der Waals surface area contributed by atoms with E-state index in [4.69, 9.17) is 4.74 Å². The van der Waals surface area contributed by atoms with E-state index in [-0.39, 0.29) is 10.8 Å². The maximum Gasteiger partial charge on any atom is 0.328 e. The number of methoxy groups -OCH3 is 1. The molecule has 1 N–H and O–H groups in total. The number of hydrogen-bond donors (Lipinski definition) is 1. The van der Waals surface area contributed by atoms with Crippen LogP contribution in [0, 0.1) is 13.8 Å². The lowest BCUT2D eigenvalue weighted by Crippen LogP contribution is -2.42. The molecule has 202 valence electrons. The molecule has 0 spiro atoms. The molecule has 0 radical (unpaired) electrons. The zero-order chi connectivity index (χ0) is 27.8. The van der Waals surface area contributed by atoms with Gasteiger partial charge in [-0.25, -0.2) is 4.79 Å². The number of thiophene rings is 1. The highest BCUT2D eigenvalue weighted by Crippen LogP contribution is 2.40. The smallest absolute Gasteiger partial charge is 0.328 e. The summed E-state index contributed by atoms with van der Waals surface area (Å²) in [6, 6.07) is 10.4. The molecule has 1 fully saturated rings. The van der Waals surface area contributed by atoms with Crippen molar-refractivity contribution < 1.29 is 23.9 Å². The van der Waals surface area contributed by atoms with Crippen LogP contribution in [0.3, 0.4) is 0 Å². The Morgan fingerprint density at radius 1 is 1.10 bits per heavy atom. The third-order valence-electron chi connectivity index (χ3n) is 7.12. The predicted octanol–water partition coefficient (Wildman–Crippen LogP) is 5.88. The number of thioether (sulfide) groups is 1. The molecule has 0 saturated carbocycles. The Morgan fingerprint density at radius 3 is 2.54 bits per heavy atom. The van der Waals surface area contributed by atoms with Crippen LogP contribution in [-0.4, -0.2) is 45.6 Å². The molecule has 0 bridgehead atoms. The number of esters is 1. The highest BCUT2D eigenvalue weighted by atomic mass is 32.2. The van der Waals surface area contributed by atoms with Crippen LogP contribution in [0.25, 0.3) is 11.1 Å². The van der Waals surface area contributed by atoms with E-state index < -0.39 is 23.2 Å². The molecule has 1 aromatic carbocycles. The van der Waals surface area contributed by atoms with E-state index in [1.807, 2.05) is 50.2 Å². The van der Waals surface area contributed by atoms with Gasteiger partial charge in [-0.15, -0.1) is 11.3 Å². The third-order valence-corrected chi connectivity index (χ3v) is 9.29. The first-order chi connectivity index (χ1) is 18.7. The molecular weight excluding hydrogens is 534 g/mol. The topological polar surface area (TPSA) is 97.7 Å². The molecule has 8 nitrogen and oxygen atoms in total. The average molecular weight is 564 g/mol. The van der Waals surface area contributed by atoms with Crippen LogP contribution in [0.2, 0.25) is 0 Å². The number of nitrogens with zero attached hydrogens (tertiary/aromatic N) is 2. The molecule has 3 heterocycles. The van der Waals surface area contributed by atoms with Crippen molar-refractivity contribution in [2.75, 3.05) is 12.4 Å². The van der Waals surface area contributed by atoms with Crippen LogP contribution in [0.15, 0.2) is 41.3 Å². The molecule has 2 aromatic heterocycles. The van der Waals surface area contributed by atoms with Crippen LogP contribution in [0.1, 0.15) is 57.5 Å². The normalized spacial score (nSPS) is 16.9. The Morgan fingerprint density at radius 2 is 1.82 bits per heavy atom. The lowest BCUT2D eigenvalue weighted by Gasteiger charge is -2.18. The van der Waals surface area contributed by atoms with Gasteiger partial charge in [-0.2, -0.15) is 0 Å². The monoisotopic (exact) mass is 563 g/mol. The third kappa shape index (κ3) is 4.94. The molecule has 1 aliphatic carbocycles. The molecule has 2 aliphatic rings. The minimum absolute atomic E-state index is 0.137. The standard InChI is InChI=1S/C29H29N3O5S2/c1-16-14-19(15-23-26(34)32(29(36)39-23)18(3)28(35)37-4)17(2)31(16)27-24(21-12-8-9-13-22(21)38-27)25(33)30-20-10-6-5-7-11-20/h5-7,10-11,14-15,18H,8-9,12-13H2,1-4H3,(H,30,33)/b23-15+/t18-/m0/s1. The Bertz CT molecular complexity index is 1520. The number of amides is 3. The first-order valence-electron chi connectivity index (χ1n) is 12.8. The molecule has 39 heavy (non-hydrogen) atoms. The number of rotatable bonds is 6. The summed E-state index contributed by atoms with van der Waals surface area (Å²) in [4.78, 5) is 53.7. The summed E-state index contributed by atoms with van der Waals surface area (Å²) in [5, 5.41) is 3.41. The number of aryl methyl sites for hydroxylation is 2. The van der Waals surface area contributed by atoms with Gasteiger partial charge in [0, 0.05) is 22.0 Å². The fourth-order valence-electron chi connectivity index (χ4n) is 5.14. The van der Waals surface area contributed by atoms with E-state index in [0.29, 0.717) is 5.56 Å². The highest BCUT2D eigenvalue weighted by molar-refractivity contribution is 8.18. The lowest BCUT2D eigenvalue weighted by molar-refractivity contribution is -0.148. The van der Waals surface area contributed by atoms with Gasteiger partial charge in [0.2, 0.25) is 0 Å². The van der Waals surface area contributed by atoms with Gasteiger partial charge in [0.05, 0.1) is 17.6 Å². The van der Waals surface area contributed by atoms with Gasteiger partial charge in [-0.1, -0.05) is 18.2 Å². The highest BCUT2D eigenvalue weighted by Gasteiger charge is 2.41. The second-order valence-electron chi connectivity index (χ2n) is 9.62. The first kappa shape index (κ1) is 27.0. The summed E-state index contributed by atoms with van der Waals surface area (Å²) in [7, 11) is 1.22. The molecule has 3 aromatic rings. The molecule has 1 atom stereocenters. The summed E-state index contributed by atoms with van der Waals surface area (Å²) in [5.41, 5.74) is 5.08. The molecule has 1 aliphatic heterocycles. The van der Waals surface area contributed by atoms with Crippen LogP contribution in [0.5, 0.6) is 0 Å². The minimum atomic E-state index is -1.01. The number of benzene rings is 1. The minimum Gasteiger partial charge on any atom is -0.467 e. The number of para-hydroxylation sites is 1. The Kier molecular flexibility index (Phi) is 7.51. The van der Waals surface area contributed by atoms with Crippen LogP contribution < -0.4 is 5.32 Å². The van der Waals surface area contributed by atoms with Gasteiger partial charge >= 0.3 is 5.97 Å². The summed E-state index contributed by atoms with van der Waals surface area (Å²) in [6.45, 7) is 5.38. The van der Waals surface area contributed by atoms with Gasteiger partial charge in [0.15, 0.2) is 0 Å². The van der Waals surface area contributed by atoms with E-state index in [1.54, 1.807) is 17.4 Å². The number of carbonyl (C=O) groups is 4. The SMILES string of the molecule is COC(=O)[C@H](C)N1C(=O)S/C(=C/c2cc(C)n(-c3sc4c(c3C(=O)Nc3ccccc3)CCCC4)c2C)C1=O. The number of imide groups is 1. The van der Waals surface area contributed by atoms with Gasteiger partial charge in [0.25, 0.3) is 17.1 Å². The van der Waals surface area contributed by atoms with E-state index in [1.165, 1.54) is 18.9 Å². The van der Waals surface area contributed by atoms with Gasteiger partial charge in [0.1, 0.15) is 11.0 Å². The van der Waals surface area contributed by atoms with Crippen molar-refractivity contribution in [3.8, 4) is 5.00 Å². The lowest BCUT2D eigenvalue weighted by atomic mass is 9.95. The number of anilines is 1. The largest absolute Gasteiger partial charge is 0.467 e. The Balaban J connectivity index is 1.54. The summed E-state index contributed by atoms with van der Waals surface area (Å²) >= 11 is 2.45. The Labute approximate surface area is 235 Å². The van der Waals surface area contributed by atoms with Crippen molar-refractivity contribution in [2.45, 2.75) is 52.5 Å². The number of fused-ring (bicyclic) bond motifs is 1. The molecule has 1 saturated heterocycles. The zero-order valence-corrected chi connectivity index (χ0v) is 23.8. The van der Waals surface area contributed by atoms with Gasteiger partial charge < -0.3 is 14.6 Å². The number of nitrogens with one attached hydrogen (secondary N) is 1. The molecule has 0 unspecified atom stereocenters. The first-order valence-corrected chi connectivity index (χ1v) is 14.4. The zero-order valence-electron chi connectivity index (χ0n) is 22.2. The number of aromatic nitrogens is 1. The van der Waals surface area contributed by atoms with Crippen molar-refractivity contribution in [3.05, 3.63) is 74.3 Å². The maximum absolute atomic E-state index is 13.6. The van der Waals surface area contributed by atoms with Crippen molar-refractivity contribution in [1.29, 1.82) is 0 Å². The van der Waals surface area contributed by atoms with E-state index in [2.05, 4.69) is 9.88 Å². The Hall–Kier alpha value is -3.63. The van der Waals surface area contributed by atoms with Crippen molar-refractivity contribution in [3.63, 3.8) is 0 Å². The van der Waals surface area contributed by atoms with Crippen molar-refractivity contribution >= 4 is 57.9 Å². The summed E-state index contributed by atoms with van der Waals surface area (Å²) in [6.07, 6.45) is 5.64. The molecule has 3 amide bonds. The fourth-order valence-corrected chi connectivity index (χ4v) is 7.53. The van der Waals surface area contributed by atoms with Gasteiger partial charge in [-0.05, 0) is 93.6 Å². The van der Waals surface area contributed by atoms with Crippen molar-refractivity contribution in [2.24, 2.45) is 0 Å². The summed E-state index contributed by atoms with van der Waals surface area (Å²) < 4.78 is 6.78.